The molecule has 1 saturated heterocycles. The molecule has 30 heavy (non-hydrogen) atoms. The van der Waals surface area contributed by atoms with E-state index in [4.69, 9.17) is 9.84 Å². The topological polar surface area (TPSA) is 66.8 Å². The third kappa shape index (κ3) is 4.37. The first-order valence-electron chi connectivity index (χ1n) is 10.4. The average Bonchev–Trinajstić information content (AvgIpc) is 2.75. The predicted molar refractivity (Wildman–Crippen MR) is 116 cm³/mol. The minimum Gasteiger partial charge on any atom is -0.486 e. The minimum absolute atomic E-state index is 0.0901. The lowest BCUT2D eigenvalue weighted by Gasteiger charge is -2.44. The number of ketones is 2. The molecule has 156 valence electrons. The quantitative estimate of drug-likeness (QED) is 0.771. The molecule has 1 N–H and O–H groups in total. The zero-order valence-corrected chi connectivity index (χ0v) is 17.3. The minimum atomic E-state index is -0.521. The normalized spacial score (nSPS) is 18.4. The van der Waals surface area contributed by atoms with Gasteiger partial charge in [-0.15, -0.1) is 0 Å². The van der Waals surface area contributed by atoms with Gasteiger partial charge in [-0.2, -0.15) is 0 Å². The molecule has 0 amide bonds. The standard InChI is InChI=1S/C25H27NO4/c1-18-4-2-3-5-20(18)16-26-12-10-25(11-13-26)15-23(29)22-14-19(6-8-21(28)17-27)7-9-24(22)30-25/h2-9,14,27H,10-13,15-17H2,1H3/b8-6+. The molecule has 2 heterocycles. The molecule has 0 radical (unpaired) electrons. The van der Waals surface area contributed by atoms with Crippen LogP contribution in [-0.2, 0) is 11.3 Å². The number of piperidine rings is 1. The first-order chi connectivity index (χ1) is 14.5. The van der Waals surface area contributed by atoms with E-state index in [-0.39, 0.29) is 11.6 Å². The molecule has 1 spiro atoms. The van der Waals surface area contributed by atoms with Crippen molar-refractivity contribution >= 4 is 17.6 Å². The van der Waals surface area contributed by atoms with E-state index >= 15 is 0 Å². The number of hydrogen-bond acceptors (Lipinski definition) is 5. The maximum Gasteiger partial charge on any atom is 0.181 e. The van der Waals surface area contributed by atoms with E-state index in [1.165, 1.54) is 17.2 Å². The molecule has 0 bridgehead atoms. The van der Waals surface area contributed by atoms with Crippen LogP contribution in [0.3, 0.4) is 0 Å². The number of hydrogen-bond donors (Lipinski definition) is 1. The molecular formula is C25H27NO4. The highest BCUT2D eigenvalue weighted by Gasteiger charge is 2.42. The number of likely N-dealkylation sites (tertiary alicyclic amines) is 1. The SMILES string of the molecule is Cc1ccccc1CN1CCC2(CC1)CC(=O)c1cc(/C=C/C(=O)CO)ccc1O2. The summed E-state index contributed by atoms with van der Waals surface area (Å²) >= 11 is 0. The van der Waals surface area contributed by atoms with Crippen molar-refractivity contribution in [1.82, 2.24) is 4.90 Å². The summed E-state index contributed by atoms with van der Waals surface area (Å²) in [6.07, 6.45) is 4.98. The van der Waals surface area contributed by atoms with E-state index in [1.807, 2.05) is 12.1 Å². The van der Waals surface area contributed by atoms with Gasteiger partial charge < -0.3 is 9.84 Å². The number of nitrogens with zero attached hydrogens (tertiary/aromatic N) is 1. The predicted octanol–water partition coefficient (Wildman–Crippen LogP) is 3.57. The summed E-state index contributed by atoms with van der Waals surface area (Å²) < 4.78 is 6.38. The second-order valence-corrected chi connectivity index (χ2v) is 8.30. The van der Waals surface area contributed by atoms with Gasteiger partial charge in [0.15, 0.2) is 11.6 Å². The van der Waals surface area contributed by atoms with Gasteiger partial charge in [-0.25, -0.2) is 0 Å². The summed E-state index contributed by atoms with van der Waals surface area (Å²) in [4.78, 5) is 26.6. The smallest absolute Gasteiger partial charge is 0.181 e. The van der Waals surface area contributed by atoms with E-state index in [9.17, 15) is 9.59 Å². The van der Waals surface area contributed by atoms with Crippen LogP contribution >= 0.6 is 0 Å². The lowest BCUT2D eigenvalue weighted by atomic mass is 9.82. The number of aryl methyl sites for hydroxylation is 1. The number of aliphatic hydroxyl groups is 1. The van der Waals surface area contributed by atoms with Crippen molar-refractivity contribution in [2.75, 3.05) is 19.7 Å². The van der Waals surface area contributed by atoms with E-state index in [1.54, 1.807) is 12.1 Å². The molecule has 2 aromatic rings. The van der Waals surface area contributed by atoms with Gasteiger partial charge in [0.2, 0.25) is 0 Å². The maximum absolute atomic E-state index is 12.9. The van der Waals surface area contributed by atoms with Gasteiger partial charge in [0.25, 0.3) is 0 Å². The van der Waals surface area contributed by atoms with Crippen molar-refractivity contribution in [3.63, 3.8) is 0 Å². The van der Waals surface area contributed by atoms with Gasteiger partial charge in [-0.3, -0.25) is 14.5 Å². The third-order valence-corrected chi connectivity index (χ3v) is 6.15. The van der Waals surface area contributed by atoms with Crippen LogP contribution in [0.4, 0.5) is 0 Å². The van der Waals surface area contributed by atoms with E-state index in [0.29, 0.717) is 17.7 Å². The van der Waals surface area contributed by atoms with Gasteiger partial charge in [0, 0.05) is 32.5 Å². The Morgan fingerprint density at radius 1 is 1.20 bits per heavy atom. The molecule has 0 saturated carbocycles. The Balaban J connectivity index is 1.43. The van der Waals surface area contributed by atoms with Crippen LogP contribution in [0.2, 0.25) is 0 Å². The Labute approximate surface area is 177 Å². The van der Waals surface area contributed by atoms with Gasteiger partial charge in [-0.05, 0) is 41.8 Å². The van der Waals surface area contributed by atoms with Crippen LogP contribution in [0.5, 0.6) is 5.75 Å². The number of fused-ring (bicyclic) bond motifs is 1. The fourth-order valence-electron chi connectivity index (χ4n) is 4.28. The molecule has 0 aliphatic carbocycles. The second kappa shape index (κ2) is 8.54. The van der Waals surface area contributed by atoms with Gasteiger partial charge in [-0.1, -0.05) is 36.4 Å². The Morgan fingerprint density at radius 3 is 2.70 bits per heavy atom. The monoisotopic (exact) mass is 405 g/mol. The molecule has 2 aliphatic rings. The van der Waals surface area contributed by atoms with Crippen LogP contribution in [0.1, 0.15) is 46.3 Å². The van der Waals surface area contributed by atoms with Crippen molar-refractivity contribution < 1.29 is 19.4 Å². The number of carbonyl (C=O) groups excluding carboxylic acids is 2. The number of aliphatic hydroxyl groups excluding tert-OH is 1. The molecule has 1 fully saturated rings. The molecule has 2 aliphatic heterocycles. The summed E-state index contributed by atoms with van der Waals surface area (Å²) in [6, 6.07) is 13.9. The third-order valence-electron chi connectivity index (χ3n) is 6.15. The highest BCUT2D eigenvalue weighted by Crippen LogP contribution is 2.40. The van der Waals surface area contributed by atoms with E-state index in [2.05, 4.69) is 36.1 Å². The molecule has 4 rings (SSSR count). The number of Topliss-reactive ketones (excluding diaryl/α,β-unsaturated/α-hetero) is 1. The van der Waals surface area contributed by atoms with E-state index < -0.39 is 12.2 Å². The van der Waals surface area contributed by atoms with Gasteiger partial charge in [0.05, 0.1) is 12.0 Å². The summed E-state index contributed by atoms with van der Waals surface area (Å²) in [7, 11) is 0. The summed E-state index contributed by atoms with van der Waals surface area (Å²) in [6.45, 7) is 4.36. The molecule has 2 aromatic carbocycles. The maximum atomic E-state index is 12.9. The van der Waals surface area contributed by atoms with Crippen molar-refractivity contribution in [2.24, 2.45) is 0 Å². The number of ether oxygens (including phenoxy) is 1. The van der Waals surface area contributed by atoms with Crippen LogP contribution in [-0.4, -0.2) is 46.9 Å². The summed E-state index contributed by atoms with van der Waals surface area (Å²) in [5.41, 5.74) is 3.55. The van der Waals surface area contributed by atoms with Crippen molar-refractivity contribution in [3.8, 4) is 5.75 Å². The molecule has 0 atom stereocenters. The van der Waals surface area contributed by atoms with Crippen LogP contribution < -0.4 is 4.74 Å². The highest BCUT2D eigenvalue weighted by molar-refractivity contribution is 6.01. The Kier molecular flexibility index (Phi) is 5.84. The number of carbonyl (C=O) groups is 2. The molecule has 0 unspecified atom stereocenters. The first kappa shape index (κ1) is 20.5. The van der Waals surface area contributed by atoms with E-state index in [0.717, 1.165) is 38.0 Å². The van der Waals surface area contributed by atoms with Crippen molar-refractivity contribution in [1.29, 1.82) is 0 Å². The lowest BCUT2D eigenvalue weighted by Crippen LogP contribution is -2.50. The van der Waals surface area contributed by atoms with Gasteiger partial charge in [0.1, 0.15) is 18.0 Å². The second-order valence-electron chi connectivity index (χ2n) is 8.30. The Bertz CT molecular complexity index is 986. The number of benzene rings is 2. The van der Waals surface area contributed by atoms with Crippen molar-refractivity contribution in [3.05, 3.63) is 70.8 Å². The molecular weight excluding hydrogens is 378 g/mol. The zero-order chi connectivity index (χ0) is 21.1. The Hall–Kier alpha value is -2.76. The Morgan fingerprint density at radius 2 is 1.97 bits per heavy atom. The lowest BCUT2D eigenvalue weighted by molar-refractivity contribution is -0.117. The average molecular weight is 405 g/mol. The summed E-state index contributed by atoms with van der Waals surface area (Å²) in [5, 5.41) is 8.82. The van der Waals surface area contributed by atoms with Crippen LogP contribution in [0.15, 0.2) is 48.5 Å². The first-order valence-corrected chi connectivity index (χ1v) is 10.4. The fraction of sp³-hybridized carbons (Fsp3) is 0.360. The van der Waals surface area contributed by atoms with Crippen LogP contribution in [0.25, 0.3) is 6.08 Å². The molecule has 5 heteroatoms. The van der Waals surface area contributed by atoms with Crippen molar-refractivity contribution in [2.45, 2.75) is 38.3 Å². The zero-order valence-electron chi connectivity index (χ0n) is 17.3. The fourth-order valence-corrected chi connectivity index (χ4v) is 4.28. The highest BCUT2D eigenvalue weighted by atomic mass is 16.5. The molecule has 5 nitrogen and oxygen atoms in total. The van der Waals surface area contributed by atoms with Gasteiger partial charge >= 0.3 is 0 Å². The van der Waals surface area contributed by atoms with Crippen LogP contribution in [0, 0.1) is 6.92 Å². The largest absolute Gasteiger partial charge is 0.486 e. The number of rotatable bonds is 5. The summed E-state index contributed by atoms with van der Waals surface area (Å²) in [5.74, 6) is 0.350. The molecule has 0 aromatic heterocycles.